The number of hydrogen-bond donors (Lipinski definition) is 1. The zero-order valence-corrected chi connectivity index (χ0v) is 11.2. The molecule has 1 fully saturated rings. The molecule has 0 spiro atoms. The van der Waals surface area contributed by atoms with Crippen molar-refractivity contribution in [2.45, 2.75) is 31.8 Å². The molecule has 0 aliphatic carbocycles. The summed E-state index contributed by atoms with van der Waals surface area (Å²) in [6.07, 6.45) is 3.30. The van der Waals surface area contributed by atoms with E-state index in [-0.39, 0.29) is 0 Å². The van der Waals surface area contributed by atoms with E-state index in [0.717, 1.165) is 49.9 Å². The first-order valence-electron chi connectivity index (χ1n) is 6.64. The summed E-state index contributed by atoms with van der Waals surface area (Å²) in [5.41, 5.74) is 8.48. The van der Waals surface area contributed by atoms with Gasteiger partial charge in [-0.25, -0.2) is 0 Å². The summed E-state index contributed by atoms with van der Waals surface area (Å²) >= 11 is 6.18. The van der Waals surface area contributed by atoms with Crippen LogP contribution in [0.5, 0.6) is 5.75 Å². The van der Waals surface area contributed by atoms with Crippen molar-refractivity contribution in [3.8, 4) is 5.75 Å². The molecule has 2 N–H and O–H groups in total. The standard InChI is InChI=1S/C14H19ClN2O/c15-12-6-10-3-5-18-14(10)11(7-12)8-17-4-1-2-13(16)9-17/h6-7,13H,1-5,8-9,16H2/t13-/m0/s1. The molecule has 3 nitrogen and oxygen atoms in total. The lowest BCUT2D eigenvalue weighted by Gasteiger charge is -2.31. The van der Waals surface area contributed by atoms with Gasteiger partial charge in [-0.3, -0.25) is 4.90 Å². The molecule has 4 heteroatoms. The van der Waals surface area contributed by atoms with E-state index in [1.54, 1.807) is 0 Å². The van der Waals surface area contributed by atoms with Gasteiger partial charge in [0.1, 0.15) is 5.75 Å². The van der Waals surface area contributed by atoms with Gasteiger partial charge in [0.05, 0.1) is 6.61 Å². The molecule has 2 aliphatic heterocycles. The minimum absolute atomic E-state index is 0.312. The number of rotatable bonds is 2. The van der Waals surface area contributed by atoms with Gasteiger partial charge >= 0.3 is 0 Å². The van der Waals surface area contributed by atoms with E-state index in [1.165, 1.54) is 17.5 Å². The highest BCUT2D eigenvalue weighted by Gasteiger charge is 2.22. The zero-order valence-electron chi connectivity index (χ0n) is 10.5. The summed E-state index contributed by atoms with van der Waals surface area (Å²) in [5.74, 6) is 1.05. The van der Waals surface area contributed by atoms with E-state index in [2.05, 4.69) is 4.90 Å². The maximum absolute atomic E-state index is 6.18. The van der Waals surface area contributed by atoms with Crippen molar-refractivity contribution in [1.82, 2.24) is 4.90 Å². The molecule has 1 aromatic carbocycles. The van der Waals surface area contributed by atoms with E-state index in [9.17, 15) is 0 Å². The quantitative estimate of drug-likeness (QED) is 0.892. The van der Waals surface area contributed by atoms with Crippen LogP contribution in [-0.2, 0) is 13.0 Å². The Bertz CT molecular complexity index is 450. The molecular formula is C14H19ClN2O. The third kappa shape index (κ3) is 2.48. The van der Waals surface area contributed by atoms with Crippen molar-refractivity contribution in [2.24, 2.45) is 5.73 Å². The minimum atomic E-state index is 0.312. The van der Waals surface area contributed by atoms with E-state index >= 15 is 0 Å². The second-order valence-corrected chi connectivity index (χ2v) is 5.73. The Morgan fingerprint density at radius 3 is 3.17 bits per heavy atom. The Labute approximate surface area is 113 Å². The van der Waals surface area contributed by atoms with Crippen molar-refractivity contribution in [1.29, 1.82) is 0 Å². The minimum Gasteiger partial charge on any atom is -0.493 e. The van der Waals surface area contributed by atoms with Crippen LogP contribution in [0.3, 0.4) is 0 Å². The second-order valence-electron chi connectivity index (χ2n) is 5.29. The lowest BCUT2D eigenvalue weighted by molar-refractivity contribution is 0.199. The van der Waals surface area contributed by atoms with Gasteiger partial charge in [-0.05, 0) is 37.1 Å². The lowest BCUT2D eigenvalue weighted by Crippen LogP contribution is -2.42. The highest BCUT2D eigenvalue weighted by Crippen LogP contribution is 2.33. The Hall–Kier alpha value is -0.770. The normalized spacial score (nSPS) is 23.8. The number of likely N-dealkylation sites (tertiary alicyclic amines) is 1. The smallest absolute Gasteiger partial charge is 0.127 e. The average Bonchev–Trinajstić information content (AvgIpc) is 2.77. The maximum atomic E-state index is 6.18. The summed E-state index contributed by atoms with van der Waals surface area (Å²) in [5, 5.41) is 0.815. The van der Waals surface area contributed by atoms with Gasteiger partial charge < -0.3 is 10.5 Å². The van der Waals surface area contributed by atoms with Gasteiger partial charge in [0, 0.05) is 36.1 Å². The fourth-order valence-corrected chi connectivity index (χ4v) is 3.20. The highest BCUT2D eigenvalue weighted by atomic mass is 35.5. The first-order valence-corrected chi connectivity index (χ1v) is 7.02. The molecular weight excluding hydrogens is 248 g/mol. The zero-order chi connectivity index (χ0) is 12.5. The van der Waals surface area contributed by atoms with Crippen molar-refractivity contribution in [2.75, 3.05) is 19.7 Å². The second kappa shape index (κ2) is 5.08. The molecule has 2 heterocycles. The number of hydrogen-bond acceptors (Lipinski definition) is 3. The molecule has 18 heavy (non-hydrogen) atoms. The number of fused-ring (bicyclic) bond motifs is 1. The third-order valence-corrected chi connectivity index (χ3v) is 3.98. The van der Waals surface area contributed by atoms with E-state index in [0.29, 0.717) is 6.04 Å². The third-order valence-electron chi connectivity index (χ3n) is 3.76. The van der Waals surface area contributed by atoms with Crippen molar-refractivity contribution >= 4 is 11.6 Å². The highest BCUT2D eigenvalue weighted by molar-refractivity contribution is 6.30. The summed E-state index contributed by atoms with van der Waals surface area (Å²) < 4.78 is 5.74. The van der Waals surface area contributed by atoms with Crippen LogP contribution in [0.1, 0.15) is 24.0 Å². The molecule has 1 saturated heterocycles. The molecule has 0 bridgehead atoms. The number of halogens is 1. The maximum Gasteiger partial charge on any atom is 0.127 e. The number of nitrogens with zero attached hydrogens (tertiary/aromatic N) is 1. The average molecular weight is 267 g/mol. The van der Waals surface area contributed by atoms with Crippen LogP contribution >= 0.6 is 11.6 Å². The predicted molar refractivity (Wildman–Crippen MR) is 73.1 cm³/mol. The fraction of sp³-hybridized carbons (Fsp3) is 0.571. The SMILES string of the molecule is N[C@H]1CCCN(Cc2cc(Cl)cc3c2OCC3)C1. The van der Waals surface area contributed by atoms with Gasteiger partial charge in [0.2, 0.25) is 0 Å². The van der Waals surface area contributed by atoms with E-state index in [1.807, 2.05) is 12.1 Å². The Morgan fingerprint density at radius 1 is 1.44 bits per heavy atom. The van der Waals surface area contributed by atoms with Crippen LogP contribution < -0.4 is 10.5 Å². The molecule has 1 aromatic rings. The van der Waals surface area contributed by atoms with Crippen LogP contribution in [0.25, 0.3) is 0 Å². The summed E-state index contributed by atoms with van der Waals surface area (Å²) in [4.78, 5) is 2.40. The number of piperidine rings is 1. The first kappa shape index (κ1) is 12.3. The largest absolute Gasteiger partial charge is 0.493 e. The van der Waals surface area contributed by atoms with E-state index in [4.69, 9.17) is 22.1 Å². The summed E-state index contributed by atoms with van der Waals surface area (Å²) in [7, 11) is 0. The molecule has 3 rings (SSSR count). The van der Waals surface area contributed by atoms with Gasteiger partial charge in [-0.2, -0.15) is 0 Å². The topological polar surface area (TPSA) is 38.5 Å². The number of benzene rings is 1. The number of ether oxygens (including phenoxy) is 1. The van der Waals surface area contributed by atoms with Crippen LogP contribution in [0.15, 0.2) is 12.1 Å². The summed E-state index contributed by atoms with van der Waals surface area (Å²) in [6, 6.07) is 4.37. The van der Waals surface area contributed by atoms with Gasteiger partial charge in [0.25, 0.3) is 0 Å². The Morgan fingerprint density at radius 2 is 2.33 bits per heavy atom. The molecule has 0 amide bonds. The van der Waals surface area contributed by atoms with Gasteiger partial charge in [-0.15, -0.1) is 0 Å². The van der Waals surface area contributed by atoms with Crippen LogP contribution in [-0.4, -0.2) is 30.6 Å². The van der Waals surface area contributed by atoms with Gasteiger partial charge in [-0.1, -0.05) is 11.6 Å². The predicted octanol–water partition coefficient (Wildman–Crippen LogP) is 2.20. The van der Waals surface area contributed by atoms with Crippen molar-refractivity contribution in [3.05, 3.63) is 28.3 Å². The van der Waals surface area contributed by atoms with Crippen LogP contribution in [0.4, 0.5) is 0 Å². The number of nitrogens with two attached hydrogens (primary N) is 1. The molecule has 98 valence electrons. The van der Waals surface area contributed by atoms with E-state index < -0.39 is 0 Å². The first-order chi connectivity index (χ1) is 8.72. The lowest BCUT2D eigenvalue weighted by atomic mass is 10.0. The molecule has 0 radical (unpaired) electrons. The molecule has 0 unspecified atom stereocenters. The van der Waals surface area contributed by atoms with Gasteiger partial charge in [0.15, 0.2) is 0 Å². The van der Waals surface area contributed by atoms with Crippen molar-refractivity contribution in [3.63, 3.8) is 0 Å². The Balaban J connectivity index is 1.80. The monoisotopic (exact) mass is 266 g/mol. The summed E-state index contributed by atoms with van der Waals surface area (Å²) in [6.45, 7) is 3.77. The Kier molecular flexibility index (Phi) is 3.46. The molecule has 0 aromatic heterocycles. The van der Waals surface area contributed by atoms with Crippen LogP contribution in [0.2, 0.25) is 5.02 Å². The molecule has 1 atom stereocenters. The fourth-order valence-electron chi connectivity index (χ4n) is 2.94. The molecule has 2 aliphatic rings. The van der Waals surface area contributed by atoms with Crippen LogP contribution in [0, 0.1) is 0 Å². The molecule has 0 saturated carbocycles. The van der Waals surface area contributed by atoms with Crippen molar-refractivity contribution < 1.29 is 4.74 Å².